The van der Waals surface area contributed by atoms with E-state index in [0.717, 1.165) is 6.54 Å². The van der Waals surface area contributed by atoms with Crippen LogP contribution in [-0.2, 0) is 39.8 Å². The summed E-state index contributed by atoms with van der Waals surface area (Å²) in [5.41, 5.74) is 4.64. The third-order valence-electron chi connectivity index (χ3n) is 8.77. The Kier molecular flexibility index (Phi) is 23.4. The van der Waals surface area contributed by atoms with Gasteiger partial charge in [0.05, 0.1) is 12.5 Å². The van der Waals surface area contributed by atoms with Gasteiger partial charge in [0, 0.05) is 28.8 Å². The van der Waals surface area contributed by atoms with Crippen LogP contribution in [-0.4, -0.2) is 24.0 Å². The van der Waals surface area contributed by atoms with Gasteiger partial charge in [-0.05, 0) is 65.7 Å². The van der Waals surface area contributed by atoms with E-state index in [4.69, 9.17) is 0 Å². The quantitative estimate of drug-likeness (QED) is 0.0501. The molecule has 2 rings (SSSR count). The van der Waals surface area contributed by atoms with Gasteiger partial charge in [-0.15, -0.1) is 0 Å². The Morgan fingerprint density at radius 3 is 1.19 bits per heavy atom. The lowest BCUT2D eigenvalue weighted by Crippen LogP contribution is -2.32. The van der Waals surface area contributed by atoms with Crippen molar-refractivity contribution in [2.24, 2.45) is 0 Å². The standard InChI is InChI=1S/C40H70NS2/c1-5-7-9-11-13-15-17-19-21-26-30-42(3)36-39-32-38(35-41-28-24-23-25-29-41)33-40(34-39)37-43(4)31-27-22-20-18-16-14-12-10-8-6-2/h23-25,28-29,32-34H,5-22,26-27,30-31,35-37H2,1-4H3/q+3. The second-order valence-electron chi connectivity index (χ2n) is 13.3. The Bertz CT molecular complexity index is 848. The maximum absolute atomic E-state index is 2.57. The maximum Gasteiger partial charge on any atom is 0.173 e. The molecule has 0 amide bonds. The Labute approximate surface area is 275 Å². The van der Waals surface area contributed by atoms with Gasteiger partial charge in [0.25, 0.3) is 0 Å². The van der Waals surface area contributed by atoms with Gasteiger partial charge in [0.1, 0.15) is 23.0 Å². The SMILES string of the molecule is CCCCCCCCCCCC[S+](C)Cc1cc(C[n+]2ccccc2)cc(C[S+](C)CCCCCCCCCCCC)c1. The van der Waals surface area contributed by atoms with Crippen molar-refractivity contribution in [2.75, 3.05) is 24.0 Å². The van der Waals surface area contributed by atoms with Crippen LogP contribution in [0.2, 0.25) is 0 Å². The molecule has 0 aliphatic heterocycles. The fraction of sp³-hybridized carbons (Fsp3) is 0.725. The molecular weight excluding hydrogens is 559 g/mol. The normalized spacial score (nSPS) is 12.9. The molecule has 1 nitrogen and oxygen atoms in total. The van der Waals surface area contributed by atoms with E-state index in [2.05, 4.69) is 79.7 Å². The Balaban J connectivity index is 1.76. The summed E-state index contributed by atoms with van der Waals surface area (Å²) in [5, 5.41) is 0. The third-order valence-corrected chi connectivity index (χ3v) is 12.4. The molecule has 0 fully saturated rings. The van der Waals surface area contributed by atoms with Crippen LogP contribution in [0.5, 0.6) is 0 Å². The topological polar surface area (TPSA) is 3.88 Å². The summed E-state index contributed by atoms with van der Waals surface area (Å²) in [4.78, 5) is 0. The molecule has 1 aromatic carbocycles. The highest BCUT2D eigenvalue weighted by Gasteiger charge is 2.18. The predicted octanol–water partition coefficient (Wildman–Crippen LogP) is 11.4. The summed E-state index contributed by atoms with van der Waals surface area (Å²) >= 11 is 0. The molecule has 2 aromatic rings. The number of benzene rings is 1. The van der Waals surface area contributed by atoms with Crippen molar-refractivity contribution >= 4 is 21.8 Å². The van der Waals surface area contributed by atoms with E-state index in [1.54, 1.807) is 11.1 Å². The second kappa shape index (κ2) is 26.3. The highest BCUT2D eigenvalue weighted by Crippen LogP contribution is 2.19. The first-order chi connectivity index (χ1) is 21.1. The monoisotopic (exact) mass is 628 g/mol. The lowest BCUT2D eigenvalue weighted by atomic mass is 10.1. The molecule has 43 heavy (non-hydrogen) atoms. The molecule has 2 atom stereocenters. The molecule has 1 aromatic heterocycles. The van der Waals surface area contributed by atoms with Gasteiger partial charge in [-0.2, -0.15) is 0 Å². The predicted molar refractivity (Wildman–Crippen MR) is 200 cm³/mol. The van der Waals surface area contributed by atoms with Gasteiger partial charge in [-0.3, -0.25) is 0 Å². The fourth-order valence-electron chi connectivity index (χ4n) is 6.23. The Morgan fingerprint density at radius 1 is 0.442 bits per heavy atom. The van der Waals surface area contributed by atoms with E-state index in [9.17, 15) is 0 Å². The fourth-order valence-corrected chi connectivity index (χ4v) is 9.39. The number of rotatable bonds is 28. The molecule has 244 valence electrons. The number of unbranched alkanes of at least 4 members (excludes halogenated alkanes) is 18. The first-order valence-corrected chi connectivity index (χ1v) is 22.3. The van der Waals surface area contributed by atoms with Crippen LogP contribution >= 0.6 is 0 Å². The summed E-state index contributed by atoms with van der Waals surface area (Å²) < 4.78 is 2.33. The van der Waals surface area contributed by atoms with Crippen LogP contribution in [0.4, 0.5) is 0 Å². The van der Waals surface area contributed by atoms with Crippen LogP contribution in [0.25, 0.3) is 0 Å². The molecule has 0 aliphatic carbocycles. The number of pyridine rings is 1. The van der Waals surface area contributed by atoms with E-state index >= 15 is 0 Å². The Morgan fingerprint density at radius 2 is 0.791 bits per heavy atom. The third kappa shape index (κ3) is 20.7. The maximum atomic E-state index is 2.57. The number of hydrogen-bond acceptors (Lipinski definition) is 0. The lowest BCUT2D eigenvalue weighted by Gasteiger charge is -2.10. The van der Waals surface area contributed by atoms with Crippen molar-refractivity contribution in [3.8, 4) is 0 Å². The summed E-state index contributed by atoms with van der Waals surface area (Å²) in [6.07, 6.45) is 38.1. The van der Waals surface area contributed by atoms with E-state index in [0.29, 0.717) is 21.8 Å². The van der Waals surface area contributed by atoms with Crippen molar-refractivity contribution in [1.82, 2.24) is 0 Å². The molecule has 0 saturated heterocycles. The summed E-state index contributed by atoms with van der Waals surface area (Å²) in [6.45, 7) is 5.60. The molecule has 0 bridgehead atoms. The van der Waals surface area contributed by atoms with E-state index in [-0.39, 0.29) is 0 Å². The van der Waals surface area contributed by atoms with Crippen molar-refractivity contribution in [3.63, 3.8) is 0 Å². The van der Waals surface area contributed by atoms with Crippen LogP contribution in [0.15, 0.2) is 48.8 Å². The number of aromatic nitrogens is 1. The highest BCUT2D eigenvalue weighted by atomic mass is 32.2. The molecule has 0 aliphatic rings. The van der Waals surface area contributed by atoms with Crippen LogP contribution in [0.1, 0.15) is 159 Å². The molecule has 0 N–H and O–H groups in total. The number of nitrogens with zero attached hydrogens (tertiary/aromatic N) is 1. The zero-order valence-electron chi connectivity index (χ0n) is 29.1. The average Bonchev–Trinajstić information content (AvgIpc) is 2.99. The van der Waals surface area contributed by atoms with Crippen LogP contribution < -0.4 is 4.57 Å². The summed E-state index contributed by atoms with van der Waals surface area (Å²) in [5.74, 6) is 5.32. The summed E-state index contributed by atoms with van der Waals surface area (Å²) in [6, 6.07) is 14.0. The molecular formula is C40H70NS2+3. The van der Waals surface area contributed by atoms with E-state index in [1.165, 1.54) is 157 Å². The van der Waals surface area contributed by atoms with Crippen LogP contribution in [0.3, 0.4) is 0 Å². The van der Waals surface area contributed by atoms with Gasteiger partial charge in [-0.25, -0.2) is 4.57 Å². The second-order valence-corrected chi connectivity index (χ2v) is 17.8. The average molecular weight is 629 g/mol. The molecule has 0 spiro atoms. The van der Waals surface area contributed by atoms with Gasteiger partial charge >= 0.3 is 0 Å². The molecule has 2 unspecified atom stereocenters. The van der Waals surface area contributed by atoms with Crippen molar-refractivity contribution in [1.29, 1.82) is 0 Å². The minimum Gasteiger partial charge on any atom is -0.201 e. The van der Waals surface area contributed by atoms with Gasteiger partial charge in [-0.1, -0.05) is 123 Å². The van der Waals surface area contributed by atoms with Gasteiger partial charge < -0.3 is 0 Å². The minimum absolute atomic E-state index is 0.474. The smallest absolute Gasteiger partial charge is 0.173 e. The molecule has 0 radical (unpaired) electrons. The lowest BCUT2D eigenvalue weighted by molar-refractivity contribution is -0.688. The summed E-state index contributed by atoms with van der Waals surface area (Å²) in [7, 11) is 0.948. The highest BCUT2D eigenvalue weighted by molar-refractivity contribution is 7.95. The number of hydrogen-bond donors (Lipinski definition) is 0. The largest absolute Gasteiger partial charge is 0.201 e. The first-order valence-electron chi connectivity index (χ1n) is 18.3. The first kappa shape index (κ1) is 38.3. The van der Waals surface area contributed by atoms with Crippen molar-refractivity contribution in [3.05, 3.63) is 65.5 Å². The zero-order chi connectivity index (χ0) is 30.8. The van der Waals surface area contributed by atoms with Gasteiger partial charge in [0.15, 0.2) is 18.9 Å². The van der Waals surface area contributed by atoms with Crippen molar-refractivity contribution < 1.29 is 4.57 Å². The minimum atomic E-state index is 0.474. The van der Waals surface area contributed by atoms with E-state index in [1.807, 2.05) is 0 Å². The molecule has 3 heteroatoms. The Hall–Kier alpha value is -0.930. The van der Waals surface area contributed by atoms with E-state index < -0.39 is 0 Å². The van der Waals surface area contributed by atoms with Gasteiger partial charge in [0.2, 0.25) is 0 Å². The van der Waals surface area contributed by atoms with Crippen LogP contribution in [0, 0.1) is 0 Å². The zero-order valence-corrected chi connectivity index (χ0v) is 30.7. The molecule has 1 heterocycles. The molecule has 0 saturated carbocycles. The van der Waals surface area contributed by atoms with Crippen molar-refractivity contribution in [2.45, 2.75) is 160 Å².